The molecule has 1 fully saturated rings. The van der Waals surface area contributed by atoms with Crippen LogP contribution in [0, 0.1) is 5.92 Å². The Hall–Kier alpha value is -2.34. The quantitative estimate of drug-likeness (QED) is 0.882. The summed E-state index contributed by atoms with van der Waals surface area (Å²) in [6, 6.07) is 7.49. The molecule has 1 aliphatic heterocycles. The predicted molar refractivity (Wildman–Crippen MR) is 88.5 cm³/mol. The van der Waals surface area contributed by atoms with E-state index in [-0.39, 0.29) is 17.7 Å². The number of hydrogen-bond acceptors (Lipinski definition) is 4. The Balaban J connectivity index is 1.71. The molecule has 0 spiro atoms. The number of nitrogens with zero attached hydrogens (tertiary/aromatic N) is 2. The maximum Gasteiger partial charge on any atom is 0.229 e. The van der Waals surface area contributed by atoms with Gasteiger partial charge >= 0.3 is 0 Å². The second-order valence-corrected chi connectivity index (χ2v) is 5.77. The van der Waals surface area contributed by atoms with Crippen molar-refractivity contribution in [2.75, 3.05) is 25.0 Å². The topological polar surface area (TPSA) is 68.2 Å². The second kappa shape index (κ2) is 6.83. The van der Waals surface area contributed by atoms with Crippen LogP contribution < -0.4 is 15.4 Å². The highest BCUT2D eigenvalue weighted by Gasteiger charge is 2.34. The van der Waals surface area contributed by atoms with Crippen molar-refractivity contribution < 1.29 is 9.53 Å². The molecule has 3 rings (SSSR count). The lowest BCUT2D eigenvalue weighted by atomic mass is 9.90. The van der Waals surface area contributed by atoms with E-state index in [0.717, 1.165) is 23.5 Å². The molecular weight excluding hydrogens is 292 g/mol. The van der Waals surface area contributed by atoms with Crippen LogP contribution in [0.2, 0.25) is 0 Å². The first kappa shape index (κ1) is 15.6. The zero-order valence-corrected chi connectivity index (χ0v) is 13.5. The average molecular weight is 314 g/mol. The molecule has 0 radical (unpaired) electrons. The van der Waals surface area contributed by atoms with E-state index in [1.165, 1.54) is 0 Å². The van der Waals surface area contributed by atoms with Crippen LogP contribution in [0.15, 0.2) is 36.7 Å². The van der Waals surface area contributed by atoms with Gasteiger partial charge in [0.15, 0.2) is 0 Å². The van der Waals surface area contributed by atoms with E-state index in [1.807, 2.05) is 50.6 Å². The van der Waals surface area contributed by atoms with Crippen molar-refractivity contribution in [3.63, 3.8) is 0 Å². The van der Waals surface area contributed by atoms with Crippen LogP contribution in [0.3, 0.4) is 0 Å². The van der Waals surface area contributed by atoms with Crippen molar-refractivity contribution in [1.82, 2.24) is 15.1 Å². The first-order valence-electron chi connectivity index (χ1n) is 7.90. The number of carbonyl (C=O) groups excluding carboxylic acids is 1. The van der Waals surface area contributed by atoms with Gasteiger partial charge in [-0.05, 0) is 24.6 Å². The Kier molecular flexibility index (Phi) is 4.62. The monoisotopic (exact) mass is 314 g/mol. The maximum absolute atomic E-state index is 12.7. The fraction of sp³-hybridized carbons (Fsp3) is 0.412. The van der Waals surface area contributed by atoms with E-state index in [0.29, 0.717) is 13.2 Å². The molecule has 23 heavy (non-hydrogen) atoms. The van der Waals surface area contributed by atoms with E-state index in [4.69, 9.17) is 4.74 Å². The summed E-state index contributed by atoms with van der Waals surface area (Å²) >= 11 is 0. The van der Waals surface area contributed by atoms with Gasteiger partial charge in [-0.25, -0.2) is 0 Å². The van der Waals surface area contributed by atoms with Crippen LogP contribution in [0.1, 0.15) is 18.4 Å². The van der Waals surface area contributed by atoms with Crippen LogP contribution in [0.25, 0.3) is 0 Å². The summed E-state index contributed by atoms with van der Waals surface area (Å²) in [5, 5.41) is 10.5. The molecule has 0 bridgehead atoms. The number of nitrogens with one attached hydrogen (secondary N) is 2. The zero-order valence-electron chi connectivity index (χ0n) is 13.5. The summed E-state index contributed by atoms with van der Waals surface area (Å²) in [5.74, 6) is 0.838. The van der Waals surface area contributed by atoms with Crippen molar-refractivity contribution in [3.8, 4) is 5.75 Å². The Labute approximate surface area is 135 Å². The molecule has 1 aromatic carbocycles. The Morgan fingerprint density at radius 2 is 2.35 bits per heavy atom. The Bertz CT molecular complexity index is 683. The molecular formula is C17H22N4O2. The van der Waals surface area contributed by atoms with Crippen molar-refractivity contribution >= 4 is 11.6 Å². The van der Waals surface area contributed by atoms with Gasteiger partial charge in [0.1, 0.15) is 5.75 Å². The third-order valence-corrected chi connectivity index (χ3v) is 4.12. The fourth-order valence-corrected chi connectivity index (χ4v) is 3.00. The number of aromatic nitrogens is 2. The third kappa shape index (κ3) is 3.53. The third-order valence-electron chi connectivity index (χ3n) is 4.12. The first-order valence-corrected chi connectivity index (χ1v) is 7.90. The molecule has 0 aliphatic carbocycles. The molecule has 2 aromatic rings. The number of amides is 1. The Morgan fingerprint density at radius 1 is 1.48 bits per heavy atom. The fourth-order valence-electron chi connectivity index (χ4n) is 3.00. The SMILES string of the molecule is CCOc1cccc(NC(=O)[C@H]2CNC[C@@H]2c2cnn(C)c2)c1. The van der Waals surface area contributed by atoms with Crippen LogP contribution in [-0.2, 0) is 11.8 Å². The molecule has 2 N–H and O–H groups in total. The van der Waals surface area contributed by atoms with Crippen LogP contribution in [-0.4, -0.2) is 35.4 Å². The molecule has 6 heteroatoms. The van der Waals surface area contributed by atoms with E-state index >= 15 is 0 Å². The molecule has 122 valence electrons. The number of benzene rings is 1. The number of hydrogen-bond donors (Lipinski definition) is 2. The van der Waals surface area contributed by atoms with Crippen molar-refractivity contribution in [3.05, 3.63) is 42.2 Å². The lowest BCUT2D eigenvalue weighted by Gasteiger charge is -2.17. The highest BCUT2D eigenvalue weighted by molar-refractivity contribution is 5.93. The Morgan fingerprint density at radius 3 is 3.09 bits per heavy atom. The predicted octanol–water partition coefficient (Wildman–Crippen LogP) is 1.76. The largest absolute Gasteiger partial charge is 0.494 e. The van der Waals surface area contributed by atoms with Crippen molar-refractivity contribution in [2.24, 2.45) is 13.0 Å². The van der Waals surface area contributed by atoms with E-state index in [1.54, 1.807) is 4.68 Å². The molecule has 2 atom stereocenters. The van der Waals surface area contributed by atoms with Gasteiger partial charge in [-0.3, -0.25) is 9.48 Å². The van der Waals surface area contributed by atoms with Crippen LogP contribution >= 0.6 is 0 Å². The minimum absolute atomic E-state index is 0.0255. The van der Waals surface area contributed by atoms with Gasteiger partial charge < -0.3 is 15.4 Å². The molecule has 6 nitrogen and oxygen atoms in total. The molecule has 2 heterocycles. The van der Waals surface area contributed by atoms with Gasteiger partial charge in [-0.2, -0.15) is 5.10 Å². The normalized spacial score (nSPS) is 20.4. The summed E-state index contributed by atoms with van der Waals surface area (Å²) in [6.45, 7) is 4.01. The molecule has 0 saturated carbocycles. The van der Waals surface area contributed by atoms with E-state index in [2.05, 4.69) is 15.7 Å². The maximum atomic E-state index is 12.7. The molecule has 1 amide bonds. The summed E-state index contributed by atoms with van der Waals surface area (Å²) in [6.07, 6.45) is 3.82. The molecule has 1 aromatic heterocycles. The minimum Gasteiger partial charge on any atom is -0.494 e. The van der Waals surface area contributed by atoms with Crippen molar-refractivity contribution in [2.45, 2.75) is 12.8 Å². The van der Waals surface area contributed by atoms with Crippen molar-refractivity contribution in [1.29, 1.82) is 0 Å². The second-order valence-electron chi connectivity index (χ2n) is 5.77. The van der Waals surface area contributed by atoms with Gasteiger partial charge in [0.25, 0.3) is 0 Å². The summed E-state index contributed by atoms with van der Waals surface area (Å²) in [5.41, 5.74) is 1.86. The van der Waals surface area contributed by atoms with Crippen LogP contribution in [0.4, 0.5) is 5.69 Å². The summed E-state index contributed by atoms with van der Waals surface area (Å²) in [4.78, 5) is 12.7. The number of anilines is 1. The molecule has 0 unspecified atom stereocenters. The van der Waals surface area contributed by atoms with E-state index in [9.17, 15) is 4.79 Å². The summed E-state index contributed by atoms with van der Waals surface area (Å²) < 4.78 is 7.24. The van der Waals surface area contributed by atoms with E-state index < -0.39 is 0 Å². The standard InChI is InChI=1S/C17H22N4O2/c1-3-23-14-6-4-5-13(7-14)20-17(22)16-10-18-9-15(16)12-8-19-21(2)11-12/h4-8,11,15-16,18H,3,9-10H2,1-2H3,(H,20,22)/t15-,16+/m1/s1. The van der Waals surface area contributed by atoms with Gasteiger partial charge in [-0.15, -0.1) is 0 Å². The first-order chi connectivity index (χ1) is 11.2. The van der Waals surface area contributed by atoms with Gasteiger partial charge in [0.05, 0.1) is 18.7 Å². The molecule has 1 aliphatic rings. The smallest absolute Gasteiger partial charge is 0.229 e. The highest BCUT2D eigenvalue weighted by Crippen LogP contribution is 2.29. The summed E-state index contributed by atoms with van der Waals surface area (Å²) in [7, 11) is 1.89. The highest BCUT2D eigenvalue weighted by atomic mass is 16.5. The zero-order chi connectivity index (χ0) is 16.2. The number of aryl methyl sites for hydroxylation is 1. The number of ether oxygens (including phenoxy) is 1. The van der Waals surface area contributed by atoms with Crippen LogP contribution in [0.5, 0.6) is 5.75 Å². The van der Waals surface area contributed by atoms with Gasteiger partial charge in [0, 0.05) is 44.0 Å². The number of rotatable bonds is 5. The average Bonchev–Trinajstić information content (AvgIpc) is 3.16. The van der Waals surface area contributed by atoms with Gasteiger partial charge in [0.2, 0.25) is 5.91 Å². The lowest BCUT2D eigenvalue weighted by Crippen LogP contribution is -2.28. The lowest BCUT2D eigenvalue weighted by molar-refractivity contribution is -0.119. The number of carbonyl (C=O) groups is 1. The molecule has 1 saturated heterocycles. The van der Waals surface area contributed by atoms with Gasteiger partial charge in [-0.1, -0.05) is 6.07 Å². The minimum atomic E-state index is -0.102.